The molecule has 0 N–H and O–H groups in total. The minimum Gasteiger partial charge on any atom is -0.464 e. The van der Waals surface area contributed by atoms with Crippen LogP contribution in [0.25, 0.3) is 12.2 Å². The number of nitrogens with zero attached hydrogens (tertiary/aromatic N) is 2. The van der Waals surface area contributed by atoms with Gasteiger partial charge in [-0.1, -0.05) is 36.4 Å². The van der Waals surface area contributed by atoms with E-state index in [0.29, 0.717) is 5.69 Å². The first-order valence-electron chi connectivity index (χ1n) is 7.11. The van der Waals surface area contributed by atoms with Crippen LogP contribution in [0.1, 0.15) is 31.1 Å². The molecule has 0 fully saturated rings. The normalized spacial score (nSPS) is 12.3. The molecule has 0 spiro atoms. The zero-order chi connectivity index (χ0) is 15.9. The van der Waals surface area contributed by atoms with Crippen molar-refractivity contribution in [1.82, 2.24) is 9.78 Å². The highest BCUT2D eigenvalue weighted by molar-refractivity contribution is 5.73. The van der Waals surface area contributed by atoms with E-state index in [2.05, 4.69) is 5.10 Å². The SMILES string of the molecule is CCOC(=O)[C@@H](C)n1nc(/C=C/c2ccccc2)ccc1=O. The maximum atomic E-state index is 11.9. The predicted octanol–water partition coefficient (Wildman–Crippen LogP) is 2.54. The minimum absolute atomic E-state index is 0.269. The molecule has 114 valence electrons. The molecule has 0 aliphatic rings. The van der Waals surface area contributed by atoms with E-state index < -0.39 is 12.0 Å². The third-order valence-corrected chi connectivity index (χ3v) is 3.09. The van der Waals surface area contributed by atoms with Crippen LogP contribution < -0.4 is 5.56 Å². The van der Waals surface area contributed by atoms with E-state index in [0.717, 1.165) is 10.2 Å². The van der Waals surface area contributed by atoms with Crippen LogP contribution in [0, 0.1) is 0 Å². The Bertz CT molecular complexity index is 720. The number of esters is 1. The Hall–Kier alpha value is -2.69. The van der Waals surface area contributed by atoms with Crippen molar-refractivity contribution in [2.24, 2.45) is 0 Å². The summed E-state index contributed by atoms with van der Waals surface area (Å²) >= 11 is 0. The van der Waals surface area contributed by atoms with E-state index in [-0.39, 0.29) is 12.2 Å². The van der Waals surface area contributed by atoms with Gasteiger partial charge >= 0.3 is 5.97 Å². The fourth-order valence-corrected chi connectivity index (χ4v) is 1.91. The summed E-state index contributed by atoms with van der Waals surface area (Å²) in [6.45, 7) is 3.59. The summed E-state index contributed by atoms with van der Waals surface area (Å²) < 4.78 is 6.07. The van der Waals surface area contributed by atoms with E-state index in [4.69, 9.17) is 4.74 Å². The van der Waals surface area contributed by atoms with Gasteiger partial charge in [-0.15, -0.1) is 0 Å². The van der Waals surface area contributed by atoms with Gasteiger partial charge in [0, 0.05) is 6.07 Å². The first-order chi connectivity index (χ1) is 10.6. The molecule has 0 aliphatic carbocycles. The quantitative estimate of drug-likeness (QED) is 0.796. The molecule has 0 radical (unpaired) electrons. The van der Waals surface area contributed by atoms with Gasteiger partial charge in [0.15, 0.2) is 6.04 Å². The van der Waals surface area contributed by atoms with E-state index >= 15 is 0 Å². The summed E-state index contributed by atoms with van der Waals surface area (Å²) in [5.41, 5.74) is 1.29. The molecule has 1 heterocycles. The van der Waals surface area contributed by atoms with Gasteiger partial charge in [0.25, 0.3) is 5.56 Å². The Morgan fingerprint density at radius 3 is 2.64 bits per heavy atom. The van der Waals surface area contributed by atoms with Gasteiger partial charge in [-0.2, -0.15) is 5.10 Å². The Balaban J connectivity index is 2.25. The first kappa shape index (κ1) is 15.7. The monoisotopic (exact) mass is 298 g/mol. The van der Waals surface area contributed by atoms with Gasteiger partial charge in [-0.3, -0.25) is 4.79 Å². The molecule has 5 heteroatoms. The molecule has 5 nitrogen and oxygen atoms in total. The lowest BCUT2D eigenvalue weighted by Crippen LogP contribution is -2.31. The molecule has 1 aromatic carbocycles. The molecular weight excluding hydrogens is 280 g/mol. The molecule has 2 aromatic rings. The molecule has 0 saturated heterocycles. The van der Waals surface area contributed by atoms with Crippen molar-refractivity contribution in [3.63, 3.8) is 0 Å². The number of hydrogen-bond acceptors (Lipinski definition) is 4. The third-order valence-electron chi connectivity index (χ3n) is 3.09. The van der Waals surface area contributed by atoms with Gasteiger partial charge in [0.2, 0.25) is 0 Å². The van der Waals surface area contributed by atoms with Crippen LogP contribution in [0.15, 0.2) is 47.3 Å². The summed E-state index contributed by atoms with van der Waals surface area (Å²) in [5.74, 6) is -0.471. The molecule has 0 aliphatic heterocycles. The van der Waals surface area contributed by atoms with Gasteiger partial charge in [-0.25, -0.2) is 9.48 Å². The van der Waals surface area contributed by atoms with Crippen molar-refractivity contribution >= 4 is 18.1 Å². The van der Waals surface area contributed by atoms with Crippen LogP contribution in [-0.2, 0) is 9.53 Å². The minimum atomic E-state index is -0.752. The molecule has 1 atom stereocenters. The number of aromatic nitrogens is 2. The summed E-state index contributed by atoms with van der Waals surface area (Å²) in [6.07, 6.45) is 3.69. The lowest BCUT2D eigenvalue weighted by Gasteiger charge is -2.12. The number of carbonyl (C=O) groups excluding carboxylic acids is 1. The lowest BCUT2D eigenvalue weighted by atomic mass is 10.2. The van der Waals surface area contributed by atoms with Crippen LogP contribution in [0.4, 0.5) is 0 Å². The molecule has 0 unspecified atom stereocenters. The van der Waals surface area contributed by atoms with Crippen molar-refractivity contribution < 1.29 is 9.53 Å². The van der Waals surface area contributed by atoms with Crippen LogP contribution in [0.2, 0.25) is 0 Å². The second-order valence-corrected chi connectivity index (χ2v) is 4.71. The Morgan fingerprint density at radius 1 is 1.23 bits per heavy atom. The molecular formula is C17H18N2O3. The maximum absolute atomic E-state index is 11.9. The Morgan fingerprint density at radius 2 is 1.95 bits per heavy atom. The highest BCUT2D eigenvalue weighted by Crippen LogP contribution is 2.07. The summed E-state index contributed by atoms with van der Waals surface area (Å²) in [7, 11) is 0. The maximum Gasteiger partial charge on any atom is 0.330 e. The van der Waals surface area contributed by atoms with Gasteiger partial charge < -0.3 is 4.74 Å². The van der Waals surface area contributed by atoms with E-state index in [1.54, 1.807) is 26.0 Å². The topological polar surface area (TPSA) is 61.2 Å². The molecule has 0 bridgehead atoms. The van der Waals surface area contributed by atoms with Crippen molar-refractivity contribution in [1.29, 1.82) is 0 Å². The smallest absolute Gasteiger partial charge is 0.330 e. The fraction of sp³-hybridized carbons (Fsp3) is 0.235. The second-order valence-electron chi connectivity index (χ2n) is 4.71. The Kier molecular flexibility index (Phi) is 5.25. The number of ether oxygens (including phenoxy) is 1. The first-order valence-corrected chi connectivity index (χ1v) is 7.11. The second kappa shape index (κ2) is 7.36. The zero-order valence-electron chi connectivity index (χ0n) is 12.6. The zero-order valence-corrected chi connectivity index (χ0v) is 12.6. The van der Waals surface area contributed by atoms with Crippen molar-refractivity contribution in [3.05, 3.63) is 64.1 Å². The average molecular weight is 298 g/mol. The third kappa shape index (κ3) is 3.91. The lowest BCUT2D eigenvalue weighted by molar-refractivity contribution is -0.147. The van der Waals surface area contributed by atoms with Crippen LogP contribution in [0.3, 0.4) is 0 Å². The van der Waals surface area contributed by atoms with Gasteiger partial charge in [0.05, 0.1) is 12.3 Å². The van der Waals surface area contributed by atoms with E-state index in [1.165, 1.54) is 6.07 Å². The standard InChI is InChI=1S/C17H18N2O3/c1-3-22-17(21)13(2)19-16(20)12-11-15(18-19)10-9-14-7-5-4-6-8-14/h4-13H,3H2,1-2H3/b10-9+/t13-/m1/s1. The largest absolute Gasteiger partial charge is 0.464 e. The number of hydrogen-bond donors (Lipinski definition) is 0. The Labute approximate surface area is 128 Å². The summed E-state index contributed by atoms with van der Waals surface area (Å²) in [6, 6.07) is 12.0. The molecule has 22 heavy (non-hydrogen) atoms. The summed E-state index contributed by atoms with van der Waals surface area (Å²) in [4.78, 5) is 23.6. The number of benzene rings is 1. The molecule has 1 aromatic heterocycles. The molecule has 0 amide bonds. The predicted molar refractivity (Wildman–Crippen MR) is 85.2 cm³/mol. The summed E-state index contributed by atoms with van der Waals surface area (Å²) in [5, 5.41) is 4.21. The van der Waals surface area contributed by atoms with Gasteiger partial charge in [-0.05, 0) is 31.6 Å². The van der Waals surface area contributed by atoms with Crippen molar-refractivity contribution in [2.75, 3.05) is 6.61 Å². The van der Waals surface area contributed by atoms with Crippen LogP contribution >= 0.6 is 0 Å². The van der Waals surface area contributed by atoms with E-state index in [1.807, 2.05) is 36.4 Å². The fourth-order valence-electron chi connectivity index (χ4n) is 1.91. The van der Waals surface area contributed by atoms with Crippen molar-refractivity contribution in [2.45, 2.75) is 19.9 Å². The van der Waals surface area contributed by atoms with Crippen LogP contribution in [-0.4, -0.2) is 22.4 Å². The number of rotatable bonds is 5. The van der Waals surface area contributed by atoms with Crippen molar-refractivity contribution in [3.8, 4) is 0 Å². The highest BCUT2D eigenvalue weighted by atomic mass is 16.5. The van der Waals surface area contributed by atoms with Gasteiger partial charge in [0.1, 0.15) is 0 Å². The average Bonchev–Trinajstić information content (AvgIpc) is 2.54. The van der Waals surface area contributed by atoms with E-state index in [9.17, 15) is 9.59 Å². The molecule has 2 rings (SSSR count). The number of carbonyl (C=O) groups is 1. The molecule has 0 saturated carbocycles. The highest BCUT2D eigenvalue weighted by Gasteiger charge is 2.18. The van der Waals surface area contributed by atoms with Crippen LogP contribution in [0.5, 0.6) is 0 Å².